The Morgan fingerprint density at radius 3 is 2.74 bits per heavy atom. The zero-order valence-electron chi connectivity index (χ0n) is 16.1. The van der Waals surface area contributed by atoms with Crippen molar-refractivity contribution in [1.82, 2.24) is 25.6 Å². The Labute approximate surface area is 159 Å². The molecule has 3 rings (SSSR count). The molecule has 2 heterocycles. The van der Waals surface area contributed by atoms with E-state index in [1.54, 1.807) is 20.4 Å². The van der Waals surface area contributed by atoms with Gasteiger partial charge in [-0.15, -0.1) is 5.10 Å². The second-order valence-corrected chi connectivity index (χ2v) is 6.83. The number of hydrogen-bond donors (Lipinski definition) is 2. The number of rotatable bonds is 7. The van der Waals surface area contributed by atoms with Crippen molar-refractivity contribution in [3.63, 3.8) is 0 Å². The molecule has 0 radical (unpaired) electrons. The van der Waals surface area contributed by atoms with Crippen LogP contribution in [0.1, 0.15) is 41.9 Å². The van der Waals surface area contributed by atoms with E-state index in [-0.39, 0.29) is 11.9 Å². The molecule has 146 valence electrons. The maximum atomic E-state index is 12.5. The molecular formula is C19H27N5O3. The van der Waals surface area contributed by atoms with Crippen molar-refractivity contribution in [3.8, 4) is 11.5 Å². The molecule has 1 fully saturated rings. The number of methoxy groups -OCH3 is 2. The van der Waals surface area contributed by atoms with Gasteiger partial charge in [0.05, 0.1) is 26.5 Å². The number of nitrogens with zero attached hydrogens (tertiary/aromatic N) is 3. The summed E-state index contributed by atoms with van der Waals surface area (Å²) in [4.78, 5) is 12.5. The van der Waals surface area contributed by atoms with Crippen LogP contribution in [0.2, 0.25) is 0 Å². The first-order valence-electron chi connectivity index (χ1n) is 9.25. The number of piperidine rings is 1. The summed E-state index contributed by atoms with van der Waals surface area (Å²) in [5.41, 5.74) is 1.41. The van der Waals surface area contributed by atoms with E-state index in [1.807, 2.05) is 29.8 Å². The molecule has 1 atom stereocenters. The van der Waals surface area contributed by atoms with Crippen molar-refractivity contribution in [2.75, 3.05) is 27.3 Å². The highest BCUT2D eigenvalue weighted by Gasteiger charge is 2.19. The normalized spacial score (nSPS) is 16.0. The van der Waals surface area contributed by atoms with Crippen molar-refractivity contribution in [2.24, 2.45) is 0 Å². The molecule has 1 aliphatic heterocycles. The Morgan fingerprint density at radius 1 is 1.30 bits per heavy atom. The van der Waals surface area contributed by atoms with Gasteiger partial charge in [-0.05, 0) is 57.0 Å². The SMILES string of the molecule is COc1ccc(CC(C)NC(=O)c2cn(C3CCNCC3)nn2)cc1OC. The van der Waals surface area contributed by atoms with Crippen molar-refractivity contribution >= 4 is 5.91 Å². The molecule has 0 aliphatic carbocycles. The molecular weight excluding hydrogens is 346 g/mol. The van der Waals surface area contributed by atoms with E-state index in [0.717, 1.165) is 31.5 Å². The molecule has 0 saturated carbocycles. The lowest BCUT2D eigenvalue weighted by Crippen LogP contribution is -2.34. The lowest BCUT2D eigenvalue weighted by atomic mass is 10.1. The van der Waals surface area contributed by atoms with E-state index in [0.29, 0.717) is 29.7 Å². The average Bonchev–Trinajstić information content (AvgIpc) is 3.19. The Hall–Kier alpha value is -2.61. The highest BCUT2D eigenvalue weighted by molar-refractivity contribution is 5.92. The number of aromatic nitrogens is 3. The van der Waals surface area contributed by atoms with Crippen LogP contribution < -0.4 is 20.1 Å². The molecule has 1 aliphatic rings. The molecule has 1 saturated heterocycles. The number of ether oxygens (including phenoxy) is 2. The van der Waals surface area contributed by atoms with Gasteiger partial charge in [-0.25, -0.2) is 4.68 Å². The standard InChI is InChI=1S/C19H27N5O3/c1-13(10-14-4-5-17(26-2)18(11-14)27-3)21-19(25)16-12-24(23-22-16)15-6-8-20-9-7-15/h4-5,11-13,15,20H,6-10H2,1-3H3,(H,21,25). The van der Waals surface area contributed by atoms with Crippen LogP contribution in [0.15, 0.2) is 24.4 Å². The molecule has 1 aromatic heterocycles. The van der Waals surface area contributed by atoms with Crippen LogP contribution >= 0.6 is 0 Å². The van der Waals surface area contributed by atoms with E-state index in [1.165, 1.54) is 0 Å². The van der Waals surface area contributed by atoms with E-state index in [4.69, 9.17) is 9.47 Å². The van der Waals surface area contributed by atoms with Crippen molar-refractivity contribution in [3.05, 3.63) is 35.7 Å². The summed E-state index contributed by atoms with van der Waals surface area (Å²) in [6.07, 6.45) is 4.42. The minimum Gasteiger partial charge on any atom is -0.493 e. The Bertz CT molecular complexity index is 770. The summed E-state index contributed by atoms with van der Waals surface area (Å²) < 4.78 is 12.4. The summed E-state index contributed by atoms with van der Waals surface area (Å²) in [6, 6.07) is 6.02. The highest BCUT2D eigenvalue weighted by Crippen LogP contribution is 2.28. The molecule has 8 nitrogen and oxygen atoms in total. The third-order valence-corrected chi connectivity index (χ3v) is 4.79. The first-order valence-corrected chi connectivity index (χ1v) is 9.25. The van der Waals surface area contributed by atoms with Gasteiger partial charge in [-0.3, -0.25) is 4.79 Å². The van der Waals surface area contributed by atoms with Gasteiger partial charge in [-0.2, -0.15) is 0 Å². The minimum absolute atomic E-state index is 0.0559. The fourth-order valence-electron chi connectivity index (χ4n) is 3.34. The molecule has 1 unspecified atom stereocenters. The van der Waals surface area contributed by atoms with Gasteiger partial charge in [0.1, 0.15) is 0 Å². The molecule has 8 heteroatoms. The summed E-state index contributed by atoms with van der Waals surface area (Å²) in [5, 5.41) is 14.5. The van der Waals surface area contributed by atoms with Crippen LogP contribution in [0.5, 0.6) is 11.5 Å². The molecule has 1 aromatic carbocycles. The Kier molecular flexibility index (Phi) is 6.28. The van der Waals surface area contributed by atoms with Crippen LogP contribution in [0.4, 0.5) is 0 Å². The summed E-state index contributed by atoms with van der Waals surface area (Å²) in [7, 11) is 3.22. The van der Waals surface area contributed by atoms with Gasteiger partial charge >= 0.3 is 0 Å². The van der Waals surface area contributed by atoms with E-state index >= 15 is 0 Å². The number of carbonyl (C=O) groups is 1. The Balaban J connectivity index is 1.58. The van der Waals surface area contributed by atoms with Gasteiger partial charge in [0.2, 0.25) is 0 Å². The highest BCUT2D eigenvalue weighted by atomic mass is 16.5. The first kappa shape index (κ1) is 19.2. The predicted octanol–water partition coefficient (Wildman–Crippen LogP) is 1.58. The summed E-state index contributed by atoms with van der Waals surface area (Å²) in [5.74, 6) is 1.16. The van der Waals surface area contributed by atoms with E-state index in [2.05, 4.69) is 20.9 Å². The number of carbonyl (C=O) groups excluding carboxylic acids is 1. The van der Waals surface area contributed by atoms with Gasteiger partial charge in [0.15, 0.2) is 17.2 Å². The molecule has 2 N–H and O–H groups in total. The topological polar surface area (TPSA) is 90.3 Å². The lowest BCUT2D eigenvalue weighted by molar-refractivity contribution is 0.0935. The van der Waals surface area contributed by atoms with Gasteiger partial charge < -0.3 is 20.1 Å². The lowest BCUT2D eigenvalue weighted by Gasteiger charge is -2.22. The molecule has 0 bridgehead atoms. The van der Waals surface area contributed by atoms with Crippen LogP contribution in [0.25, 0.3) is 0 Å². The number of hydrogen-bond acceptors (Lipinski definition) is 6. The van der Waals surface area contributed by atoms with Crippen molar-refractivity contribution in [2.45, 2.75) is 38.3 Å². The summed E-state index contributed by atoms with van der Waals surface area (Å²) in [6.45, 7) is 3.90. The fourth-order valence-corrected chi connectivity index (χ4v) is 3.34. The van der Waals surface area contributed by atoms with E-state index < -0.39 is 0 Å². The average molecular weight is 373 g/mol. The maximum absolute atomic E-state index is 12.5. The van der Waals surface area contributed by atoms with Crippen molar-refractivity contribution < 1.29 is 14.3 Å². The first-order chi connectivity index (χ1) is 13.1. The fraction of sp³-hybridized carbons (Fsp3) is 0.526. The van der Waals surface area contributed by atoms with Crippen LogP contribution in [0.3, 0.4) is 0 Å². The van der Waals surface area contributed by atoms with E-state index in [9.17, 15) is 4.79 Å². The third kappa shape index (κ3) is 4.77. The number of benzene rings is 1. The van der Waals surface area contributed by atoms with Crippen molar-refractivity contribution in [1.29, 1.82) is 0 Å². The molecule has 0 spiro atoms. The van der Waals surface area contributed by atoms with Crippen LogP contribution in [0, 0.1) is 0 Å². The number of nitrogens with one attached hydrogen (secondary N) is 2. The molecule has 2 aromatic rings. The third-order valence-electron chi connectivity index (χ3n) is 4.79. The summed E-state index contributed by atoms with van der Waals surface area (Å²) >= 11 is 0. The second kappa shape index (κ2) is 8.85. The maximum Gasteiger partial charge on any atom is 0.273 e. The predicted molar refractivity (Wildman–Crippen MR) is 101 cm³/mol. The van der Waals surface area contributed by atoms with Crippen LogP contribution in [-0.4, -0.2) is 54.3 Å². The smallest absolute Gasteiger partial charge is 0.273 e. The second-order valence-electron chi connectivity index (χ2n) is 6.83. The zero-order valence-corrected chi connectivity index (χ0v) is 16.1. The Morgan fingerprint density at radius 2 is 2.04 bits per heavy atom. The quantitative estimate of drug-likeness (QED) is 0.766. The molecule has 27 heavy (non-hydrogen) atoms. The monoisotopic (exact) mass is 373 g/mol. The van der Waals surface area contributed by atoms with Gasteiger partial charge in [-0.1, -0.05) is 11.3 Å². The largest absolute Gasteiger partial charge is 0.493 e. The molecule has 1 amide bonds. The van der Waals surface area contributed by atoms with Crippen LogP contribution in [-0.2, 0) is 6.42 Å². The minimum atomic E-state index is -0.205. The van der Waals surface area contributed by atoms with Gasteiger partial charge in [0, 0.05) is 6.04 Å². The zero-order chi connectivity index (χ0) is 19.2. The van der Waals surface area contributed by atoms with Gasteiger partial charge in [0.25, 0.3) is 5.91 Å². The number of amides is 1.